The summed E-state index contributed by atoms with van der Waals surface area (Å²) in [4.78, 5) is 14.1. The highest BCUT2D eigenvalue weighted by molar-refractivity contribution is 5.75. The van der Waals surface area contributed by atoms with Gasteiger partial charge in [0.25, 0.3) is 0 Å². The van der Waals surface area contributed by atoms with Gasteiger partial charge >= 0.3 is 6.09 Å². The van der Waals surface area contributed by atoms with Gasteiger partial charge in [-0.3, -0.25) is 0 Å². The van der Waals surface area contributed by atoms with Crippen LogP contribution in [-0.4, -0.2) is 43.9 Å². The molecule has 5 heteroatoms. The zero-order valence-electron chi connectivity index (χ0n) is 16.8. The molecule has 5 nitrogen and oxygen atoms in total. The second kappa shape index (κ2) is 9.14. The predicted octanol–water partition coefficient (Wildman–Crippen LogP) is 4.45. The number of hydrogen-bond acceptors (Lipinski definition) is 4. The molecule has 0 saturated carbocycles. The quantitative estimate of drug-likeness (QED) is 0.728. The minimum absolute atomic E-state index is 0.269. The first kappa shape index (κ1) is 19.5. The smallest absolute Gasteiger partial charge is 0.410 e. The third kappa shape index (κ3) is 4.98. The Morgan fingerprint density at radius 1 is 1.17 bits per heavy atom. The van der Waals surface area contributed by atoms with Crippen molar-refractivity contribution < 1.29 is 19.0 Å². The number of amides is 1. The Morgan fingerprint density at radius 2 is 2.00 bits per heavy atom. The summed E-state index contributed by atoms with van der Waals surface area (Å²) in [6.45, 7) is 5.81. The SMILES string of the molecule is Cc1ccc(C2=CCN(C(=O)OCc3ccccc3)CC2)c(OCC2COC2)c1. The molecule has 2 aromatic rings. The van der Waals surface area contributed by atoms with E-state index in [4.69, 9.17) is 14.2 Å². The van der Waals surface area contributed by atoms with Crippen LogP contribution in [0.1, 0.15) is 23.1 Å². The van der Waals surface area contributed by atoms with E-state index in [2.05, 4.69) is 31.2 Å². The van der Waals surface area contributed by atoms with Crippen molar-refractivity contribution in [1.82, 2.24) is 4.90 Å². The first-order valence-electron chi connectivity index (χ1n) is 10.2. The molecule has 1 fully saturated rings. The number of aryl methyl sites for hydroxylation is 1. The van der Waals surface area contributed by atoms with Crippen LogP contribution in [0.5, 0.6) is 5.75 Å². The molecule has 0 bridgehead atoms. The van der Waals surface area contributed by atoms with E-state index in [-0.39, 0.29) is 6.09 Å². The van der Waals surface area contributed by atoms with E-state index >= 15 is 0 Å². The first-order valence-corrected chi connectivity index (χ1v) is 10.2. The lowest BCUT2D eigenvalue weighted by Gasteiger charge is -2.28. The summed E-state index contributed by atoms with van der Waals surface area (Å²) in [6, 6.07) is 16.1. The Balaban J connectivity index is 1.37. The monoisotopic (exact) mass is 393 g/mol. The van der Waals surface area contributed by atoms with E-state index in [0.717, 1.165) is 36.5 Å². The topological polar surface area (TPSA) is 48.0 Å². The average Bonchev–Trinajstić information content (AvgIpc) is 2.72. The lowest BCUT2D eigenvalue weighted by Crippen LogP contribution is -2.35. The molecule has 0 aliphatic carbocycles. The molecule has 0 N–H and O–H groups in total. The second-order valence-electron chi connectivity index (χ2n) is 7.68. The third-order valence-corrected chi connectivity index (χ3v) is 5.34. The maximum absolute atomic E-state index is 12.4. The average molecular weight is 393 g/mol. The number of hydrogen-bond donors (Lipinski definition) is 0. The molecule has 1 amide bonds. The van der Waals surface area contributed by atoms with Crippen LogP contribution in [0.4, 0.5) is 4.79 Å². The molecule has 0 radical (unpaired) electrons. The highest BCUT2D eigenvalue weighted by atomic mass is 16.6. The van der Waals surface area contributed by atoms with Gasteiger partial charge in [-0.05, 0) is 36.1 Å². The summed E-state index contributed by atoms with van der Waals surface area (Å²) in [7, 11) is 0. The minimum Gasteiger partial charge on any atom is -0.492 e. The van der Waals surface area contributed by atoms with Crippen LogP contribution in [0.3, 0.4) is 0 Å². The molecule has 0 atom stereocenters. The van der Waals surface area contributed by atoms with Crippen molar-refractivity contribution >= 4 is 11.7 Å². The minimum atomic E-state index is -0.269. The van der Waals surface area contributed by atoms with Crippen LogP contribution in [0, 0.1) is 12.8 Å². The lowest BCUT2D eigenvalue weighted by molar-refractivity contribution is -0.0508. The zero-order valence-corrected chi connectivity index (χ0v) is 16.8. The van der Waals surface area contributed by atoms with Crippen LogP contribution in [-0.2, 0) is 16.1 Å². The van der Waals surface area contributed by atoms with Gasteiger partial charge in [0, 0.05) is 24.6 Å². The number of rotatable bonds is 6. The number of benzene rings is 2. The normalized spacial score (nSPS) is 16.7. The van der Waals surface area contributed by atoms with Gasteiger partial charge in [0.05, 0.1) is 19.8 Å². The van der Waals surface area contributed by atoms with Crippen molar-refractivity contribution in [1.29, 1.82) is 0 Å². The molecule has 152 valence electrons. The standard InChI is InChI=1S/C24H27NO4/c1-18-7-8-22(23(13-18)28-17-20-14-27-15-20)21-9-11-25(12-10-21)24(26)29-16-19-5-3-2-4-6-19/h2-9,13,20H,10-12,14-17H2,1H3. The van der Waals surface area contributed by atoms with Crippen LogP contribution < -0.4 is 4.74 Å². The molecule has 2 heterocycles. The van der Waals surface area contributed by atoms with Gasteiger partial charge in [-0.15, -0.1) is 0 Å². The van der Waals surface area contributed by atoms with Gasteiger partial charge in [-0.1, -0.05) is 48.5 Å². The van der Waals surface area contributed by atoms with Crippen molar-refractivity contribution in [3.05, 3.63) is 71.3 Å². The number of carbonyl (C=O) groups is 1. The second-order valence-corrected chi connectivity index (χ2v) is 7.68. The van der Waals surface area contributed by atoms with Crippen molar-refractivity contribution in [2.45, 2.75) is 20.0 Å². The Morgan fingerprint density at radius 3 is 2.69 bits per heavy atom. The van der Waals surface area contributed by atoms with Gasteiger partial charge in [-0.25, -0.2) is 4.79 Å². The zero-order chi connectivity index (χ0) is 20.1. The molecule has 29 heavy (non-hydrogen) atoms. The summed E-state index contributed by atoms with van der Waals surface area (Å²) in [6.07, 6.45) is 2.62. The lowest BCUT2D eigenvalue weighted by atomic mass is 9.97. The molecule has 0 unspecified atom stereocenters. The molecule has 0 aromatic heterocycles. The molecule has 1 saturated heterocycles. The fourth-order valence-corrected chi connectivity index (χ4v) is 3.49. The van der Waals surface area contributed by atoms with Crippen molar-refractivity contribution in [2.24, 2.45) is 5.92 Å². The van der Waals surface area contributed by atoms with E-state index in [1.54, 1.807) is 4.90 Å². The maximum Gasteiger partial charge on any atom is 0.410 e. The van der Waals surface area contributed by atoms with Crippen LogP contribution in [0.15, 0.2) is 54.6 Å². The largest absolute Gasteiger partial charge is 0.492 e. The van der Waals surface area contributed by atoms with Crippen molar-refractivity contribution in [2.75, 3.05) is 32.9 Å². The molecule has 2 aliphatic rings. The van der Waals surface area contributed by atoms with Gasteiger partial charge in [0.1, 0.15) is 12.4 Å². The van der Waals surface area contributed by atoms with E-state index in [1.807, 2.05) is 30.3 Å². The van der Waals surface area contributed by atoms with Gasteiger partial charge in [0.2, 0.25) is 0 Å². The van der Waals surface area contributed by atoms with E-state index < -0.39 is 0 Å². The van der Waals surface area contributed by atoms with Crippen LogP contribution in [0.25, 0.3) is 5.57 Å². The van der Waals surface area contributed by atoms with Crippen LogP contribution >= 0.6 is 0 Å². The predicted molar refractivity (Wildman–Crippen MR) is 112 cm³/mol. The van der Waals surface area contributed by atoms with Crippen molar-refractivity contribution in [3.8, 4) is 5.75 Å². The molecule has 2 aliphatic heterocycles. The molecule has 2 aromatic carbocycles. The number of ether oxygens (including phenoxy) is 3. The first-order chi connectivity index (χ1) is 14.2. The van der Waals surface area contributed by atoms with E-state index in [1.165, 1.54) is 11.1 Å². The van der Waals surface area contributed by atoms with E-state index in [9.17, 15) is 4.79 Å². The summed E-state index contributed by atoms with van der Waals surface area (Å²) in [5.74, 6) is 1.40. The highest BCUT2D eigenvalue weighted by Crippen LogP contribution is 2.32. The van der Waals surface area contributed by atoms with Gasteiger partial charge in [0.15, 0.2) is 0 Å². The summed E-state index contributed by atoms with van der Waals surface area (Å²) in [5.41, 5.74) is 4.51. The summed E-state index contributed by atoms with van der Waals surface area (Å²) < 4.78 is 16.8. The molecular formula is C24H27NO4. The summed E-state index contributed by atoms with van der Waals surface area (Å²) in [5, 5.41) is 0. The van der Waals surface area contributed by atoms with Gasteiger partial charge in [-0.2, -0.15) is 0 Å². The van der Waals surface area contributed by atoms with Crippen LogP contribution in [0.2, 0.25) is 0 Å². The van der Waals surface area contributed by atoms with Crippen molar-refractivity contribution in [3.63, 3.8) is 0 Å². The molecule has 0 spiro atoms. The Hall–Kier alpha value is -2.79. The molecule has 4 rings (SSSR count). The summed E-state index contributed by atoms with van der Waals surface area (Å²) >= 11 is 0. The molecular weight excluding hydrogens is 366 g/mol. The maximum atomic E-state index is 12.4. The fourth-order valence-electron chi connectivity index (χ4n) is 3.49. The Kier molecular flexibility index (Phi) is 6.15. The Labute approximate surface area is 171 Å². The number of nitrogens with zero attached hydrogens (tertiary/aromatic N) is 1. The van der Waals surface area contributed by atoms with E-state index in [0.29, 0.717) is 32.2 Å². The number of carbonyl (C=O) groups excluding carboxylic acids is 1. The highest BCUT2D eigenvalue weighted by Gasteiger charge is 2.22. The fraction of sp³-hybridized carbons (Fsp3) is 0.375. The van der Waals surface area contributed by atoms with Gasteiger partial charge < -0.3 is 19.1 Å². The Bertz CT molecular complexity index is 874. The third-order valence-electron chi connectivity index (χ3n) is 5.34.